The fourth-order valence-corrected chi connectivity index (χ4v) is 3.89. The van der Waals surface area contributed by atoms with Gasteiger partial charge in [0.2, 0.25) is 0 Å². The van der Waals surface area contributed by atoms with E-state index in [4.69, 9.17) is 0 Å². The second-order valence-corrected chi connectivity index (χ2v) is 6.68. The molecule has 0 amide bonds. The summed E-state index contributed by atoms with van der Waals surface area (Å²) in [7, 11) is -3.36. The molecule has 0 aliphatic carbocycles. The van der Waals surface area contributed by atoms with E-state index in [1.54, 1.807) is 6.92 Å². The second kappa shape index (κ2) is 4.17. The number of aryl methyl sites for hydroxylation is 1. The molecule has 5 nitrogen and oxygen atoms in total. The van der Waals surface area contributed by atoms with Gasteiger partial charge >= 0.3 is 0 Å². The summed E-state index contributed by atoms with van der Waals surface area (Å²) in [6, 6.07) is 0.0115. The summed E-state index contributed by atoms with van der Waals surface area (Å²) in [4.78, 5) is 3.94. The molecule has 0 aromatic carbocycles. The molecule has 1 aromatic rings. The maximum atomic E-state index is 11.8. The Morgan fingerprint density at radius 2 is 2.47 bits per heavy atom. The van der Waals surface area contributed by atoms with Crippen LogP contribution in [0.15, 0.2) is 10.4 Å². The molecule has 7 heteroatoms. The van der Waals surface area contributed by atoms with E-state index in [1.807, 2.05) is 0 Å². The van der Waals surface area contributed by atoms with Crippen LogP contribution in [0.4, 0.5) is 0 Å². The average Bonchev–Trinajstić information content (AvgIpc) is 2.75. The van der Waals surface area contributed by atoms with E-state index >= 15 is 0 Å². The highest BCUT2D eigenvalue weighted by Crippen LogP contribution is 2.18. The lowest BCUT2D eigenvalue weighted by atomic mass is 10.3. The first kappa shape index (κ1) is 11.0. The Kier molecular flexibility index (Phi) is 3.06. The molecule has 2 N–H and O–H groups in total. The Morgan fingerprint density at radius 1 is 1.67 bits per heavy atom. The molecular weight excluding hydrogens is 234 g/mol. The molecule has 1 aromatic heterocycles. The van der Waals surface area contributed by atoms with Crippen LogP contribution in [0.25, 0.3) is 0 Å². The van der Waals surface area contributed by atoms with Gasteiger partial charge in [0.25, 0.3) is 10.0 Å². The van der Waals surface area contributed by atoms with Crippen LogP contribution >= 0.6 is 11.3 Å². The van der Waals surface area contributed by atoms with Gasteiger partial charge < -0.3 is 5.32 Å². The molecule has 1 aliphatic rings. The molecule has 0 radical (unpaired) electrons. The summed E-state index contributed by atoms with van der Waals surface area (Å²) in [6.07, 6.45) is 2.25. The first-order valence-corrected chi connectivity index (χ1v) is 7.03. The minimum absolute atomic E-state index is 0.0115. The molecule has 0 spiro atoms. The van der Waals surface area contributed by atoms with Crippen molar-refractivity contribution in [3.63, 3.8) is 0 Å². The minimum atomic E-state index is -3.36. The monoisotopic (exact) mass is 247 g/mol. The van der Waals surface area contributed by atoms with Gasteiger partial charge in [0.05, 0.1) is 11.2 Å². The van der Waals surface area contributed by atoms with Crippen LogP contribution in [0.2, 0.25) is 0 Å². The van der Waals surface area contributed by atoms with E-state index in [0.29, 0.717) is 10.8 Å². The topological polar surface area (TPSA) is 71.1 Å². The molecule has 1 fully saturated rings. The van der Waals surface area contributed by atoms with Crippen molar-refractivity contribution in [1.82, 2.24) is 15.0 Å². The van der Waals surface area contributed by atoms with Crippen LogP contribution in [-0.4, -0.2) is 32.5 Å². The molecule has 1 atom stereocenters. The molecule has 15 heavy (non-hydrogen) atoms. The van der Waals surface area contributed by atoms with Crippen LogP contribution in [0.3, 0.4) is 0 Å². The zero-order chi connectivity index (χ0) is 10.9. The van der Waals surface area contributed by atoms with Crippen LogP contribution < -0.4 is 10.0 Å². The first-order chi connectivity index (χ1) is 7.08. The minimum Gasteiger partial charge on any atom is -0.315 e. The first-order valence-electron chi connectivity index (χ1n) is 4.73. The molecule has 1 saturated heterocycles. The summed E-state index contributed by atoms with van der Waals surface area (Å²) in [6.45, 7) is 3.37. The van der Waals surface area contributed by atoms with Gasteiger partial charge in [-0.2, -0.15) is 0 Å². The third-order valence-electron chi connectivity index (χ3n) is 2.25. The maximum absolute atomic E-state index is 11.8. The zero-order valence-corrected chi connectivity index (χ0v) is 9.99. The predicted molar refractivity (Wildman–Crippen MR) is 58.4 cm³/mol. The number of sulfonamides is 1. The number of rotatable bonds is 3. The van der Waals surface area contributed by atoms with Gasteiger partial charge in [0, 0.05) is 12.6 Å². The number of hydrogen-bond acceptors (Lipinski definition) is 5. The highest BCUT2D eigenvalue weighted by molar-refractivity contribution is 7.91. The second-order valence-electron chi connectivity index (χ2n) is 3.51. The number of nitrogens with zero attached hydrogens (tertiary/aromatic N) is 1. The van der Waals surface area contributed by atoms with Gasteiger partial charge in [-0.3, -0.25) is 0 Å². The highest BCUT2D eigenvalue weighted by Gasteiger charge is 2.23. The van der Waals surface area contributed by atoms with Gasteiger partial charge in [-0.15, -0.1) is 11.3 Å². The fourth-order valence-electron chi connectivity index (χ4n) is 1.50. The SMILES string of the molecule is Cc1ncc(S(=O)(=O)NC2CCNC2)s1. The van der Waals surface area contributed by atoms with Crippen LogP contribution in [0.5, 0.6) is 0 Å². The van der Waals surface area contributed by atoms with Gasteiger partial charge in [-0.1, -0.05) is 0 Å². The number of nitrogens with one attached hydrogen (secondary N) is 2. The molecule has 0 saturated carbocycles. The predicted octanol–water partition coefficient (Wildman–Crippen LogP) is 0.0917. The van der Waals surface area contributed by atoms with Crippen molar-refractivity contribution < 1.29 is 8.42 Å². The van der Waals surface area contributed by atoms with Crippen LogP contribution in [-0.2, 0) is 10.0 Å². The number of thiazole rings is 1. The van der Waals surface area contributed by atoms with Crippen LogP contribution in [0.1, 0.15) is 11.4 Å². The standard InChI is InChI=1S/C8H13N3O2S2/c1-6-10-5-8(14-6)15(12,13)11-7-2-3-9-4-7/h5,7,9,11H,2-4H2,1H3. The van der Waals surface area contributed by atoms with E-state index in [2.05, 4.69) is 15.0 Å². The number of aromatic nitrogens is 1. The third kappa shape index (κ3) is 2.54. The largest absolute Gasteiger partial charge is 0.315 e. The van der Waals surface area contributed by atoms with Crippen molar-refractivity contribution in [1.29, 1.82) is 0 Å². The summed E-state index contributed by atoms with van der Waals surface area (Å²) in [5, 5.41) is 3.88. The zero-order valence-electron chi connectivity index (χ0n) is 8.36. The van der Waals surface area contributed by atoms with E-state index in [9.17, 15) is 8.42 Å². The van der Waals surface area contributed by atoms with Crippen molar-refractivity contribution >= 4 is 21.4 Å². The summed E-state index contributed by atoms with van der Waals surface area (Å²) in [5.74, 6) is 0. The quantitative estimate of drug-likeness (QED) is 0.794. The van der Waals surface area contributed by atoms with Crippen molar-refractivity contribution in [2.45, 2.75) is 23.6 Å². The van der Waals surface area contributed by atoms with Gasteiger partial charge in [-0.25, -0.2) is 18.1 Å². The molecule has 84 valence electrons. The summed E-state index contributed by atoms with van der Waals surface area (Å²) >= 11 is 1.20. The van der Waals surface area contributed by atoms with E-state index in [-0.39, 0.29) is 6.04 Å². The molecule has 2 rings (SSSR count). The Labute approximate surface area is 93.0 Å². The Morgan fingerprint density at radius 3 is 3.00 bits per heavy atom. The molecule has 2 heterocycles. The molecule has 1 unspecified atom stereocenters. The van der Waals surface area contributed by atoms with E-state index < -0.39 is 10.0 Å². The van der Waals surface area contributed by atoms with Gasteiger partial charge in [-0.05, 0) is 19.9 Å². The molecule has 1 aliphatic heterocycles. The third-order valence-corrected chi connectivity index (χ3v) is 5.14. The highest BCUT2D eigenvalue weighted by atomic mass is 32.2. The normalized spacial score (nSPS) is 22.1. The van der Waals surface area contributed by atoms with Crippen molar-refractivity contribution in [3.05, 3.63) is 11.2 Å². The Balaban J connectivity index is 2.12. The van der Waals surface area contributed by atoms with Crippen molar-refractivity contribution in [2.75, 3.05) is 13.1 Å². The number of hydrogen-bond donors (Lipinski definition) is 2. The smallest absolute Gasteiger partial charge is 0.251 e. The van der Waals surface area contributed by atoms with Gasteiger partial charge in [0.1, 0.15) is 0 Å². The van der Waals surface area contributed by atoms with E-state index in [1.165, 1.54) is 17.5 Å². The lowest BCUT2D eigenvalue weighted by Crippen LogP contribution is -2.35. The summed E-state index contributed by atoms with van der Waals surface area (Å²) in [5.41, 5.74) is 0. The maximum Gasteiger partial charge on any atom is 0.251 e. The fraction of sp³-hybridized carbons (Fsp3) is 0.625. The molecule has 0 bridgehead atoms. The lowest BCUT2D eigenvalue weighted by Gasteiger charge is -2.09. The summed E-state index contributed by atoms with van der Waals surface area (Å²) < 4.78 is 26.6. The Bertz CT molecular complexity index is 434. The van der Waals surface area contributed by atoms with Gasteiger partial charge in [0.15, 0.2) is 4.21 Å². The Hall–Kier alpha value is -0.500. The average molecular weight is 247 g/mol. The van der Waals surface area contributed by atoms with Crippen molar-refractivity contribution in [3.8, 4) is 0 Å². The van der Waals surface area contributed by atoms with Crippen LogP contribution in [0, 0.1) is 6.92 Å². The van der Waals surface area contributed by atoms with Crippen molar-refractivity contribution in [2.24, 2.45) is 0 Å². The lowest BCUT2D eigenvalue weighted by molar-refractivity contribution is 0.562. The molecular formula is C8H13N3O2S2. The van der Waals surface area contributed by atoms with E-state index in [0.717, 1.165) is 18.0 Å².